The molecule has 0 radical (unpaired) electrons. The fourth-order valence-corrected chi connectivity index (χ4v) is 5.11. The Hall–Kier alpha value is -4.20. The fourth-order valence-electron chi connectivity index (χ4n) is 5.11. The smallest absolute Gasteiger partial charge is 0.212 e. The summed E-state index contributed by atoms with van der Waals surface area (Å²) in [6.07, 6.45) is 7.10. The Bertz CT molecular complexity index is 1700. The summed E-state index contributed by atoms with van der Waals surface area (Å²) in [6.45, 7) is 2.76. The van der Waals surface area contributed by atoms with E-state index in [4.69, 9.17) is 21.3 Å². The van der Waals surface area contributed by atoms with Crippen LogP contribution in [-0.4, -0.2) is 74.0 Å². The summed E-state index contributed by atoms with van der Waals surface area (Å²) in [5.41, 5.74) is 1.83. The van der Waals surface area contributed by atoms with Gasteiger partial charge in [-0.3, -0.25) is 4.90 Å². The molecule has 3 aliphatic heterocycles. The van der Waals surface area contributed by atoms with Crippen molar-refractivity contribution >= 4 is 11.3 Å². The highest BCUT2D eigenvalue weighted by molar-refractivity contribution is 5.85. The molecule has 200 valence electrons. The first-order chi connectivity index (χ1) is 20.7. The number of rotatable bonds is 8. The van der Waals surface area contributed by atoms with Gasteiger partial charge in [-0.2, -0.15) is 10.4 Å². The topological polar surface area (TPSA) is 112 Å². The molecule has 10 nitrogen and oxygen atoms in total. The minimum absolute atomic E-state index is 0.0438. The van der Waals surface area contributed by atoms with Gasteiger partial charge in [0.15, 0.2) is 0 Å². The van der Waals surface area contributed by atoms with Gasteiger partial charge < -0.3 is 19.5 Å². The maximum absolute atomic E-state index is 10.1. The largest absolute Gasteiger partial charge is 0.489 e. The van der Waals surface area contributed by atoms with Crippen molar-refractivity contribution in [1.29, 1.82) is 5.26 Å². The van der Waals surface area contributed by atoms with Crippen LogP contribution in [0.3, 0.4) is 0 Å². The van der Waals surface area contributed by atoms with Gasteiger partial charge in [0.25, 0.3) is 0 Å². The first kappa shape index (κ1) is 19.8. The number of nitrogens with zero attached hydrogens (tertiary/aromatic N) is 7. The van der Waals surface area contributed by atoms with Crippen LogP contribution < -0.4 is 14.4 Å². The number of aromatic nitrogens is 4. The van der Waals surface area contributed by atoms with E-state index in [2.05, 4.69) is 21.1 Å². The molecule has 0 spiro atoms. The summed E-state index contributed by atoms with van der Waals surface area (Å²) in [4.78, 5) is 12.7. The molecule has 0 amide bonds. The number of hydrogen-bond donors (Lipinski definition) is 1. The van der Waals surface area contributed by atoms with Crippen LogP contribution in [0.2, 0.25) is 0 Å². The number of hydrogen-bond acceptors (Lipinski definition) is 9. The van der Waals surface area contributed by atoms with Crippen LogP contribution in [-0.2, 0) is 6.50 Å². The third-order valence-electron chi connectivity index (χ3n) is 6.97. The van der Waals surface area contributed by atoms with Gasteiger partial charge in [0.1, 0.15) is 24.2 Å². The molecule has 2 atom stereocenters. The normalized spacial score (nSPS) is 21.6. The number of pyridine rings is 3. The lowest BCUT2D eigenvalue weighted by Gasteiger charge is -2.56. The average molecular weight is 531 g/mol. The van der Waals surface area contributed by atoms with Gasteiger partial charge in [-0.25, -0.2) is 14.5 Å². The molecule has 7 rings (SSSR count). The van der Waals surface area contributed by atoms with Crippen molar-refractivity contribution in [3.8, 4) is 28.8 Å². The van der Waals surface area contributed by atoms with Gasteiger partial charge in [0.2, 0.25) is 5.88 Å². The molecule has 4 aromatic rings. The van der Waals surface area contributed by atoms with E-state index in [1.807, 2.05) is 23.1 Å². The summed E-state index contributed by atoms with van der Waals surface area (Å²) < 4.78 is 51.6. The second-order valence-corrected chi connectivity index (χ2v) is 10.5. The van der Waals surface area contributed by atoms with E-state index in [1.54, 1.807) is 30.8 Å². The van der Waals surface area contributed by atoms with Crippen LogP contribution >= 0.6 is 0 Å². The highest BCUT2D eigenvalue weighted by Gasteiger charge is 2.44. The van der Waals surface area contributed by atoms with Crippen molar-refractivity contribution in [1.82, 2.24) is 24.5 Å². The van der Waals surface area contributed by atoms with E-state index >= 15 is 0 Å². The average Bonchev–Trinajstić information content (AvgIpc) is 3.38. The molecule has 1 N–H and O–H groups in total. The molecule has 7 heterocycles. The van der Waals surface area contributed by atoms with E-state index in [0.717, 1.165) is 23.4 Å². The van der Waals surface area contributed by atoms with Crippen LogP contribution in [0.4, 0.5) is 5.82 Å². The summed E-state index contributed by atoms with van der Waals surface area (Å²) in [5.74, 6) is 1.17. The number of ether oxygens (including phenoxy) is 2. The number of aliphatic hydroxyl groups is 1. The minimum atomic E-state index is -2.63. The number of methoxy groups -OCH3 is 1. The van der Waals surface area contributed by atoms with E-state index < -0.39 is 19.1 Å². The lowest BCUT2D eigenvalue weighted by Crippen LogP contribution is -2.68. The second-order valence-electron chi connectivity index (χ2n) is 10.5. The lowest BCUT2D eigenvalue weighted by atomic mass is 9.87. The molecule has 2 bridgehead atoms. The van der Waals surface area contributed by atoms with E-state index in [-0.39, 0.29) is 24.6 Å². The zero-order valence-corrected chi connectivity index (χ0v) is 21.6. The molecule has 3 aliphatic rings. The summed E-state index contributed by atoms with van der Waals surface area (Å²) >= 11 is 0. The maximum Gasteiger partial charge on any atom is 0.212 e. The molecule has 0 saturated carbocycles. The van der Waals surface area contributed by atoms with Crippen molar-refractivity contribution in [2.75, 3.05) is 31.6 Å². The Labute approximate surface area is 234 Å². The summed E-state index contributed by atoms with van der Waals surface area (Å²) in [7, 11) is -2.63. The molecular weight excluding hydrogens is 494 g/mol. The lowest BCUT2D eigenvalue weighted by molar-refractivity contribution is -0.00876. The minimum Gasteiger partial charge on any atom is -0.489 e. The van der Waals surface area contributed by atoms with Crippen molar-refractivity contribution < 1.29 is 21.4 Å². The number of piperidine rings is 1. The maximum atomic E-state index is 10.1. The standard InChI is InChI=1S/C29H31N7O3/c1-29(2,37)18-39-24-9-25(28-21(10-30)13-33-36(28)17-24)20-5-6-26(31-12-20)34-15-22-8-23(16-34)35(22)14-19-4-7-27(38-3)32-11-19/h4-7,9,11-13,17,22-23,37H,8,14-16,18H2,1-3H3/i3D3,14D2. The van der Waals surface area contributed by atoms with Gasteiger partial charge in [-0.15, -0.1) is 0 Å². The van der Waals surface area contributed by atoms with Crippen molar-refractivity contribution in [2.45, 2.75) is 44.4 Å². The van der Waals surface area contributed by atoms with Gasteiger partial charge >= 0.3 is 0 Å². The fraction of sp³-hybridized carbons (Fsp3) is 0.379. The molecule has 3 saturated heterocycles. The third-order valence-corrected chi connectivity index (χ3v) is 6.97. The third kappa shape index (κ3) is 4.99. The van der Waals surface area contributed by atoms with Gasteiger partial charge in [-0.1, -0.05) is 6.07 Å². The first-order valence-electron chi connectivity index (χ1n) is 15.1. The number of piperazine rings is 1. The van der Waals surface area contributed by atoms with Crippen LogP contribution in [0.5, 0.6) is 11.6 Å². The number of nitriles is 1. The van der Waals surface area contributed by atoms with Crippen molar-refractivity contribution in [2.24, 2.45) is 0 Å². The molecule has 10 heteroatoms. The summed E-state index contributed by atoms with van der Waals surface area (Å²) in [6, 6.07) is 10.6. The summed E-state index contributed by atoms with van der Waals surface area (Å²) in [5, 5.41) is 24.1. The Morgan fingerprint density at radius 2 is 2.03 bits per heavy atom. The first-order valence-corrected chi connectivity index (χ1v) is 12.6. The Morgan fingerprint density at radius 3 is 2.69 bits per heavy atom. The molecule has 39 heavy (non-hydrogen) atoms. The molecule has 0 aromatic carbocycles. The molecule has 4 aromatic heterocycles. The second kappa shape index (κ2) is 9.84. The monoisotopic (exact) mass is 530 g/mol. The SMILES string of the molecule is [2H]C([2H])([2H])Oc1ccc(C([2H])([2H])N2C3CC2CN(c2ccc(-c4cc(OCC(C)(C)O)cn5ncc(C#N)c45)cn2)C3)cn1. The molecule has 2 unspecified atom stereocenters. The van der Waals surface area contributed by atoms with Crippen LogP contribution in [0.15, 0.2) is 55.1 Å². The quantitative estimate of drug-likeness (QED) is 0.367. The predicted molar refractivity (Wildman–Crippen MR) is 146 cm³/mol. The van der Waals surface area contributed by atoms with Crippen molar-refractivity contribution in [3.05, 3.63) is 66.2 Å². The predicted octanol–water partition coefficient (Wildman–Crippen LogP) is 3.28. The zero-order chi connectivity index (χ0) is 31.4. The molecule has 0 aliphatic carbocycles. The van der Waals surface area contributed by atoms with Gasteiger partial charge in [0.05, 0.1) is 40.2 Å². The van der Waals surface area contributed by atoms with Gasteiger partial charge in [-0.05, 0) is 44.0 Å². The van der Waals surface area contributed by atoms with Gasteiger partial charge in [0, 0.05) is 64.0 Å². The highest BCUT2D eigenvalue weighted by Crippen LogP contribution is 2.36. The van der Waals surface area contributed by atoms with Crippen molar-refractivity contribution in [3.63, 3.8) is 0 Å². The Morgan fingerprint density at radius 1 is 1.18 bits per heavy atom. The van der Waals surface area contributed by atoms with E-state index in [9.17, 15) is 10.4 Å². The Balaban J connectivity index is 1.19. The van der Waals surface area contributed by atoms with E-state index in [1.165, 1.54) is 24.5 Å². The van der Waals surface area contributed by atoms with Crippen LogP contribution in [0.25, 0.3) is 16.6 Å². The number of fused-ring (bicyclic) bond motifs is 3. The van der Waals surface area contributed by atoms with E-state index in [0.29, 0.717) is 35.5 Å². The Kier molecular flexibility index (Phi) is 5.00. The molecule has 3 fully saturated rings. The highest BCUT2D eigenvalue weighted by atomic mass is 16.5. The number of anilines is 1. The van der Waals surface area contributed by atoms with Crippen LogP contribution in [0, 0.1) is 11.3 Å². The zero-order valence-electron chi connectivity index (χ0n) is 26.6. The van der Waals surface area contributed by atoms with Crippen LogP contribution in [0.1, 0.15) is 38.2 Å². The molecular formula is C29H31N7O3.